The maximum Gasteiger partial charge on any atom is 0.234 e. The number of aryl methyl sites for hydroxylation is 1. The van der Waals surface area contributed by atoms with Crippen molar-refractivity contribution in [3.63, 3.8) is 0 Å². The monoisotopic (exact) mass is 443 g/mol. The number of nitrogens with one attached hydrogen (secondary N) is 3. The fourth-order valence-corrected chi connectivity index (χ4v) is 3.87. The minimum atomic E-state index is -3.62. The lowest BCUT2D eigenvalue weighted by molar-refractivity contribution is 0.292. The molecular formula is C21H38FN5O2S. The fraction of sp³-hybridized carbons (Fsp3) is 0.667. The molecule has 1 atom stereocenters. The van der Waals surface area contributed by atoms with Gasteiger partial charge in [0, 0.05) is 12.6 Å². The Labute approximate surface area is 181 Å². The van der Waals surface area contributed by atoms with Crippen molar-refractivity contribution < 1.29 is 12.8 Å². The van der Waals surface area contributed by atoms with Gasteiger partial charge in [-0.05, 0) is 70.9 Å². The number of rotatable bonds is 13. The summed E-state index contributed by atoms with van der Waals surface area (Å²) in [6, 6.07) is 4.50. The van der Waals surface area contributed by atoms with E-state index in [0.717, 1.165) is 32.5 Å². The third-order valence-corrected chi connectivity index (χ3v) is 6.08. The second kappa shape index (κ2) is 13.4. The van der Waals surface area contributed by atoms with E-state index in [-0.39, 0.29) is 24.0 Å². The van der Waals surface area contributed by atoms with E-state index < -0.39 is 15.8 Å². The van der Waals surface area contributed by atoms with Crippen molar-refractivity contribution in [3.8, 4) is 0 Å². The fourth-order valence-electron chi connectivity index (χ4n) is 2.95. The van der Waals surface area contributed by atoms with Crippen LogP contribution in [0.1, 0.15) is 46.1 Å². The first-order valence-electron chi connectivity index (χ1n) is 10.7. The number of aliphatic imine (C=N–C) groups is 1. The zero-order valence-corrected chi connectivity index (χ0v) is 19.8. The molecule has 9 heteroatoms. The van der Waals surface area contributed by atoms with Crippen LogP contribution in [0.4, 0.5) is 10.1 Å². The van der Waals surface area contributed by atoms with Crippen molar-refractivity contribution in [1.29, 1.82) is 0 Å². The summed E-state index contributed by atoms with van der Waals surface area (Å²) < 4.78 is 40.6. The highest BCUT2D eigenvalue weighted by molar-refractivity contribution is 7.92. The average molecular weight is 444 g/mol. The Morgan fingerprint density at radius 3 is 2.53 bits per heavy atom. The topological polar surface area (TPSA) is 85.8 Å². The summed E-state index contributed by atoms with van der Waals surface area (Å²) in [4.78, 5) is 6.77. The molecule has 0 spiro atoms. The zero-order valence-electron chi connectivity index (χ0n) is 19.0. The highest BCUT2D eigenvalue weighted by Crippen LogP contribution is 2.15. The molecule has 3 N–H and O–H groups in total. The third kappa shape index (κ3) is 10.2. The first kappa shape index (κ1) is 26.2. The second-order valence-electron chi connectivity index (χ2n) is 7.36. The van der Waals surface area contributed by atoms with Crippen molar-refractivity contribution in [3.05, 3.63) is 29.6 Å². The van der Waals surface area contributed by atoms with E-state index in [1.165, 1.54) is 6.07 Å². The van der Waals surface area contributed by atoms with Crippen LogP contribution < -0.4 is 15.4 Å². The molecule has 0 bridgehead atoms. The summed E-state index contributed by atoms with van der Waals surface area (Å²) in [5.74, 6) is -0.0265. The molecule has 0 fully saturated rings. The molecule has 0 heterocycles. The zero-order chi connectivity index (χ0) is 22.6. The number of hydrogen-bond donors (Lipinski definition) is 3. The van der Waals surface area contributed by atoms with E-state index in [0.29, 0.717) is 18.1 Å². The van der Waals surface area contributed by atoms with Gasteiger partial charge in [-0.3, -0.25) is 9.71 Å². The Hall–Kier alpha value is -1.87. The highest BCUT2D eigenvalue weighted by Gasteiger charge is 2.12. The maximum atomic E-state index is 13.6. The van der Waals surface area contributed by atoms with Gasteiger partial charge in [-0.2, -0.15) is 0 Å². The van der Waals surface area contributed by atoms with Crippen LogP contribution in [0, 0.1) is 12.7 Å². The number of nitrogens with zero attached hydrogens (tertiary/aromatic N) is 2. The molecule has 172 valence electrons. The van der Waals surface area contributed by atoms with E-state index in [9.17, 15) is 12.8 Å². The molecule has 1 aromatic rings. The smallest absolute Gasteiger partial charge is 0.234 e. The van der Waals surface area contributed by atoms with Crippen molar-refractivity contribution in [1.82, 2.24) is 15.5 Å². The lowest BCUT2D eigenvalue weighted by atomic mass is 10.2. The van der Waals surface area contributed by atoms with Crippen LogP contribution in [-0.2, 0) is 10.0 Å². The summed E-state index contributed by atoms with van der Waals surface area (Å²) in [7, 11) is -3.62. The first-order chi connectivity index (χ1) is 14.2. The van der Waals surface area contributed by atoms with Gasteiger partial charge in [0.05, 0.1) is 18.0 Å². The Bertz CT molecular complexity index is 767. The minimum absolute atomic E-state index is 0.102. The lowest BCUT2D eigenvalue weighted by Crippen LogP contribution is -2.42. The molecule has 0 aliphatic rings. The van der Waals surface area contributed by atoms with Crippen molar-refractivity contribution in [2.24, 2.45) is 4.99 Å². The quantitative estimate of drug-likeness (QED) is 0.322. The highest BCUT2D eigenvalue weighted by atomic mass is 32.2. The molecule has 1 unspecified atom stereocenters. The van der Waals surface area contributed by atoms with E-state index in [1.807, 2.05) is 6.92 Å². The molecule has 0 amide bonds. The van der Waals surface area contributed by atoms with Gasteiger partial charge < -0.3 is 15.5 Å². The van der Waals surface area contributed by atoms with Gasteiger partial charge in [-0.15, -0.1) is 0 Å². The van der Waals surface area contributed by atoms with Crippen molar-refractivity contribution in [2.75, 3.05) is 43.2 Å². The number of hydrogen-bond acceptors (Lipinski definition) is 4. The van der Waals surface area contributed by atoms with Crippen LogP contribution in [0.2, 0.25) is 0 Å². The van der Waals surface area contributed by atoms with Gasteiger partial charge in [0.15, 0.2) is 5.96 Å². The van der Waals surface area contributed by atoms with Gasteiger partial charge in [0.2, 0.25) is 10.0 Å². The van der Waals surface area contributed by atoms with Gasteiger partial charge >= 0.3 is 0 Å². The van der Waals surface area contributed by atoms with Gasteiger partial charge in [0.25, 0.3) is 0 Å². The van der Waals surface area contributed by atoms with Gasteiger partial charge in [0.1, 0.15) is 5.82 Å². The normalized spacial score (nSPS) is 13.4. The van der Waals surface area contributed by atoms with Crippen LogP contribution in [0.25, 0.3) is 0 Å². The first-order valence-corrected chi connectivity index (χ1v) is 12.4. The molecule has 0 aromatic heterocycles. The molecule has 1 rings (SSSR count). The van der Waals surface area contributed by atoms with Gasteiger partial charge in [-0.25, -0.2) is 12.8 Å². The third-order valence-electron chi connectivity index (χ3n) is 4.81. The minimum Gasteiger partial charge on any atom is -0.357 e. The summed E-state index contributed by atoms with van der Waals surface area (Å²) >= 11 is 0. The van der Waals surface area contributed by atoms with E-state index in [4.69, 9.17) is 0 Å². The molecule has 0 aliphatic carbocycles. The largest absolute Gasteiger partial charge is 0.357 e. The van der Waals surface area contributed by atoms with Crippen molar-refractivity contribution in [2.45, 2.75) is 53.5 Å². The van der Waals surface area contributed by atoms with E-state index >= 15 is 0 Å². The van der Waals surface area contributed by atoms with E-state index in [2.05, 4.69) is 46.0 Å². The lowest BCUT2D eigenvalue weighted by Gasteiger charge is -2.21. The summed E-state index contributed by atoms with van der Waals surface area (Å²) in [5, 5.41) is 6.48. The Kier molecular flexibility index (Phi) is 11.7. The van der Waals surface area contributed by atoms with Crippen molar-refractivity contribution >= 4 is 21.7 Å². The number of sulfonamides is 1. The molecule has 7 nitrogen and oxygen atoms in total. The van der Waals surface area contributed by atoms with Crippen LogP contribution in [0.5, 0.6) is 0 Å². The summed E-state index contributed by atoms with van der Waals surface area (Å²) in [6.07, 6.45) is 2.08. The van der Waals surface area contributed by atoms with Crippen LogP contribution in [0.3, 0.4) is 0 Å². The Morgan fingerprint density at radius 1 is 1.23 bits per heavy atom. The van der Waals surface area contributed by atoms with E-state index in [1.54, 1.807) is 19.1 Å². The van der Waals surface area contributed by atoms with Crippen LogP contribution in [0.15, 0.2) is 23.2 Å². The second-order valence-corrected chi connectivity index (χ2v) is 9.20. The maximum absolute atomic E-state index is 13.6. The molecule has 0 saturated carbocycles. The van der Waals surface area contributed by atoms with Gasteiger partial charge in [-0.1, -0.05) is 19.9 Å². The molecule has 30 heavy (non-hydrogen) atoms. The predicted molar refractivity (Wildman–Crippen MR) is 124 cm³/mol. The van der Waals surface area contributed by atoms with Crippen LogP contribution in [-0.4, -0.2) is 63.8 Å². The number of anilines is 1. The number of guanidine groups is 1. The number of benzene rings is 1. The van der Waals surface area contributed by atoms with Crippen LogP contribution >= 0.6 is 0 Å². The molecular weight excluding hydrogens is 405 g/mol. The molecule has 0 saturated heterocycles. The predicted octanol–water partition coefficient (Wildman–Crippen LogP) is 2.94. The summed E-state index contributed by atoms with van der Waals surface area (Å²) in [6.45, 7) is 14.0. The number of halogens is 1. The Morgan fingerprint density at radius 2 is 1.93 bits per heavy atom. The molecule has 1 aromatic carbocycles. The average Bonchev–Trinajstić information content (AvgIpc) is 2.68. The standard InChI is InChI=1S/C21H38FN5O2S/c1-6-23-21(25-18(5)10-9-14-27(7-2)8-3)24-13-15-30(28,29)26-19-12-11-17(4)20(22)16-19/h11-12,16,18,26H,6-10,13-15H2,1-5H3,(H2,23,24,25). The SMILES string of the molecule is CCNC(=NCCS(=O)(=O)Nc1ccc(C)c(F)c1)NC(C)CCCN(CC)CC. The molecule has 0 aliphatic heterocycles. The summed E-state index contributed by atoms with van der Waals surface area (Å²) in [5.41, 5.74) is 0.684. The Balaban J connectivity index is 2.54. The molecule has 0 radical (unpaired) electrons.